The molecule has 1 aromatic carbocycles. The summed E-state index contributed by atoms with van der Waals surface area (Å²) in [6.45, 7) is 0. The van der Waals surface area contributed by atoms with Gasteiger partial charge in [-0.1, -0.05) is 32.7 Å². The second kappa shape index (κ2) is 5.20. The van der Waals surface area contributed by atoms with Gasteiger partial charge < -0.3 is 9.84 Å². The predicted octanol–water partition coefficient (Wildman–Crippen LogP) is 3.73. The SMILES string of the molecule is O=C(Nc1ccon1)Nc1ccc(Br)cc1Cl. The minimum atomic E-state index is -0.442. The first kappa shape index (κ1) is 11.9. The Bertz CT molecular complexity index is 530. The second-order valence-electron chi connectivity index (χ2n) is 3.09. The molecule has 7 heteroatoms. The molecule has 0 radical (unpaired) electrons. The Morgan fingerprint density at radius 3 is 2.82 bits per heavy atom. The van der Waals surface area contributed by atoms with E-state index in [2.05, 4.69) is 36.2 Å². The fraction of sp³-hybridized carbons (Fsp3) is 0. The quantitative estimate of drug-likeness (QED) is 0.887. The van der Waals surface area contributed by atoms with Crippen molar-refractivity contribution in [2.24, 2.45) is 0 Å². The smallest absolute Gasteiger partial charge is 0.324 e. The number of urea groups is 1. The highest BCUT2D eigenvalue weighted by Gasteiger charge is 2.07. The summed E-state index contributed by atoms with van der Waals surface area (Å²) in [6.07, 6.45) is 1.36. The first-order chi connectivity index (χ1) is 8.15. The van der Waals surface area contributed by atoms with Crippen LogP contribution >= 0.6 is 27.5 Å². The van der Waals surface area contributed by atoms with Crippen LogP contribution in [0.1, 0.15) is 0 Å². The highest BCUT2D eigenvalue weighted by Crippen LogP contribution is 2.25. The average molecular weight is 317 g/mol. The number of benzene rings is 1. The molecule has 0 saturated heterocycles. The minimum Gasteiger partial charge on any atom is -0.363 e. The van der Waals surface area contributed by atoms with Crippen molar-refractivity contribution in [1.29, 1.82) is 0 Å². The lowest BCUT2D eigenvalue weighted by atomic mass is 10.3. The average Bonchev–Trinajstić information content (AvgIpc) is 2.75. The Morgan fingerprint density at radius 2 is 2.18 bits per heavy atom. The van der Waals surface area contributed by atoms with E-state index >= 15 is 0 Å². The van der Waals surface area contributed by atoms with Crippen LogP contribution in [0.5, 0.6) is 0 Å². The summed E-state index contributed by atoms with van der Waals surface area (Å²) in [5, 5.41) is 9.06. The molecule has 0 atom stereocenters. The molecule has 5 nitrogen and oxygen atoms in total. The largest absolute Gasteiger partial charge is 0.363 e. The fourth-order valence-corrected chi connectivity index (χ4v) is 1.86. The second-order valence-corrected chi connectivity index (χ2v) is 4.41. The summed E-state index contributed by atoms with van der Waals surface area (Å²) < 4.78 is 5.42. The number of halogens is 2. The highest BCUT2D eigenvalue weighted by molar-refractivity contribution is 9.10. The van der Waals surface area contributed by atoms with Crippen molar-refractivity contribution in [2.45, 2.75) is 0 Å². The number of rotatable bonds is 2. The van der Waals surface area contributed by atoms with Crippen molar-refractivity contribution in [3.63, 3.8) is 0 Å². The summed E-state index contributed by atoms with van der Waals surface area (Å²) >= 11 is 9.22. The molecule has 0 fully saturated rings. The number of amides is 2. The van der Waals surface area contributed by atoms with Gasteiger partial charge in [0.15, 0.2) is 5.82 Å². The first-order valence-electron chi connectivity index (χ1n) is 4.58. The molecule has 0 aliphatic carbocycles. The summed E-state index contributed by atoms with van der Waals surface area (Å²) in [5.41, 5.74) is 0.510. The van der Waals surface area contributed by atoms with Crippen molar-refractivity contribution in [3.8, 4) is 0 Å². The highest BCUT2D eigenvalue weighted by atomic mass is 79.9. The zero-order valence-corrected chi connectivity index (χ0v) is 10.7. The lowest BCUT2D eigenvalue weighted by molar-refractivity contribution is 0.262. The van der Waals surface area contributed by atoms with Crippen molar-refractivity contribution in [2.75, 3.05) is 10.6 Å². The molecule has 0 aliphatic heterocycles. The standard InChI is InChI=1S/C10H7BrClN3O2/c11-6-1-2-8(7(12)5-6)13-10(16)14-9-3-4-17-15-9/h1-5H,(H2,13,14,15,16). The molecule has 2 aromatic rings. The maximum Gasteiger partial charge on any atom is 0.324 e. The molecular formula is C10H7BrClN3O2. The zero-order chi connectivity index (χ0) is 12.3. The van der Waals surface area contributed by atoms with Gasteiger partial charge in [-0.3, -0.25) is 5.32 Å². The van der Waals surface area contributed by atoms with Crippen LogP contribution in [-0.2, 0) is 0 Å². The Labute approximate surface area is 110 Å². The molecule has 88 valence electrons. The molecule has 0 saturated carbocycles. The predicted molar refractivity (Wildman–Crippen MR) is 68.3 cm³/mol. The molecule has 0 unspecified atom stereocenters. The molecule has 1 heterocycles. The lowest BCUT2D eigenvalue weighted by Gasteiger charge is -2.07. The Hall–Kier alpha value is -1.53. The van der Waals surface area contributed by atoms with E-state index in [0.29, 0.717) is 16.5 Å². The lowest BCUT2D eigenvalue weighted by Crippen LogP contribution is -2.19. The van der Waals surface area contributed by atoms with E-state index in [0.717, 1.165) is 4.47 Å². The van der Waals surface area contributed by atoms with Crippen LogP contribution in [0, 0.1) is 0 Å². The molecule has 2 amide bonds. The van der Waals surface area contributed by atoms with Gasteiger partial charge in [-0.25, -0.2) is 4.79 Å². The molecule has 0 bridgehead atoms. The van der Waals surface area contributed by atoms with Crippen molar-refractivity contribution in [3.05, 3.63) is 40.0 Å². The summed E-state index contributed by atoms with van der Waals surface area (Å²) in [6, 6.07) is 6.24. The van der Waals surface area contributed by atoms with Gasteiger partial charge >= 0.3 is 6.03 Å². The molecule has 0 aliphatic rings. The third-order valence-electron chi connectivity index (χ3n) is 1.86. The van der Waals surface area contributed by atoms with E-state index in [4.69, 9.17) is 11.6 Å². The van der Waals surface area contributed by atoms with E-state index in [1.165, 1.54) is 12.3 Å². The molecule has 2 N–H and O–H groups in total. The van der Waals surface area contributed by atoms with Gasteiger partial charge in [0.1, 0.15) is 6.26 Å². The third-order valence-corrected chi connectivity index (χ3v) is 2.66. The van der Waals surface area contributed by atoms with Crippen LogP contribution in [0.25, 0.3) is 0 Å². The number of hydrogen-bond acceptors (Lipinski definition) is 3. The molecule has 17 heavy (non-hydrogen) atoms. The number of anilines is 2. The van der Waals surface area contributed by atoms with E-state index in [-0.39, 0.29) is 0 Å². The van der Waals surface area contributed by atoms with Gasteiger partial charge in [0, 0.05) is 10.5 Å². The number of carbonyl (C=O) groups excluding carboxylic acids is 1. The Morgan fingerprint density at radius 1 is 1.35 bits per heavy atom. The number of nitrogens with zero attached hydrogens (tertiary/aromatic N) is 1. The van der Waals surface area contributed by atoms with Crippen LogP contribution in [0.2, 0.25) is 5.02 Å². The Kier molecular flexibility index (Phi) is 3.65. The Balaban J connectivity index is 2.03. The molecular weight excluding hydrogens is 309 g/mol. The van der Waals surface area contributed by atoms with Crippen LogP contribution in [0.3, 0.4) is 0 Å². The van der Waals surface area contributed by atoms with Crippen LogP contribution in [0.15, 0.2) is 39.5 Å². The number of nitrogens with one attached hydrogen (secondary N) is 2. The minimum absolute atomic E-state index is 0.329. The summed E-state index contributed by atoms with van der Waals surface area (Å²) in [4.78, 5) is 11.5. The van der Waals surface area contributed by atoms with Gasteiger partial charge in [-0.15, -0.1) is 0 Å². The number of hydrogen-bond donors (Lipinski definition) is 2. The monoisotopic (exact) mass is 315 g/mol. The van der Waals surface area contributed by atoms with E-state index in [9.17, 15) is 4.79 Å². The molecule has 0 spiro atoms. The van der Waals surface area contributed by atoms with Crippen LogP contribution in [-0.4, -0.2) is 11.2 Å². The van der Waals surface area contributed by atoms with Gasteiger partial charge in [0.25, 0.3) is 0 Å². The van der Waals surface area contributed by atoms with Gasteiger partial charge in [0.05, 0.1) is 10.7 Å². The van der Waals surface area contributed by atoms with E-state index in [1.807, 2.05) is 0 Å². The van der Waals surface area contributed by atoms with Gasteiger partial charge in [-0.2, -0.15) is 0 Å². The van der Waals surface area contributed by atoms with Crippen molar-refractivity contribution >= 4 is 45.1 Å². The maximum absolute atomic E-state index is 11.5. The summed E-state index contributed by atoms with van der Waals surface area (Å²) in [7, 11) is 0. The van der Waals surface area contributed by atoms with Crippen molar-refractivity contribution in [1.82, 2.24) is 5.16 Å². The van der Waals surface area contributed by atoms with Crippen LogP contribution < -0.4 is 10.6 Å². The van der Waals surface area contributed by atoms with E-state index < -0.39 is 6.03 Å². The van der Waals surface area contributed by atoms with Crippen molar-refractivity contribution < 1.29 is 9.32 Å². The normalized spacial score (nSPS) is 10.0. The fourth-order valence-electron chi connectivity index (χ4n) is 1.14. The topological polar surface area (TPSA) is 67.2 Å². The summed E-state index contributed by atoms with van der Waals surface area (Å²) in [5.74, 6) is 0.329. The zero-order valence-electron chi connectivity index (χ0n) is 8.41. The maximum atomic E-state index is 11.5. The number of aromatic nitrogens is 1. The van der Waals surface area contributed by atoms with Gasteiger partial charge in [-0.05, 0) is 18.2 Å². The molecule has 1 aromatic heterocycles. The van der Waals surface area contributed by atoms with Gasteiger partial charge in [0.2, 0.25) is 0 Å². The third kappa shape index (κ3) is 3.21. The van der Waals surface area contributed by atoms with Crippen LogP contribution in [0.4, 0.5) is 16.3 Å². The molecule has 2 rings (SSSR count). The number of carbonyl (C=O) groups is 1. The first-order valence-corrected chi connectivity index (χ1v) is 5.75. The van der Waals surface area contributed by atoms with E-state index in [1.54, 1.807) is 18.2 Å².